The summed E-state index contributed by atoms with van der Waals surface area (Å²) < 4.78 is 10.1. The van der Waals surface area contributed by atoms with Gasteiger partial charge in [0.05, 0.1) is 56.2 Å². The molecule has 0 fully saturated rings. The summed E-state index contributed by atoms with van der Waals surface area (Å²) in [5.41, 5.74) is -2.96. The normalized spacial score (nSPS) is 10.4. The van der Waals surface area contributed by atoms with Crippen LogP contribution in [-0.2, 0) is 9.47 Å². The highest BCUT2D eigenvalue weighted by atomic mass is 16.6. The van der Waals surface area contributed by atoms with Crippen LogP contribution in [0.2, 0.25) is 0 Å². The molecule has 0 aliphatic rings. The minimum absolute atomic E-state index is 0.0162. The average molecular weight is 534 g/mol. The van der Waals surface area contributed by atoms with Crippen molar-refractivity contribution < 1.29 is 38.8 Å². The molecule has 0 unspecified atom stereocenters. The second-order valence-corrected chi connectivity index (χ2v) is 7.90. The van der Waals surface area contributed by atoms with E-state index in [2.05, 4.69) is 0 Å². The van der Waals surface area contributed by atoms with Gasteiger partial charge in [0.25, 0.3) is 22.7 Å². The minimum Gasteiger partial charge on any atom is -0.462 e. The zero-order valence-electron chi connectivity index (χ0n) is 19.8. The third kappa shape index (κ3) is 8.89. The molecule has 0 aliphatic carbocycles. The lowest BCUT2D eigenvalue weighted by Gasteiger charge is -2.06. The highest BCUT2D eigenvalue weighted by Gasteiger charge is 2.21. The van der Waals surface area contributed by atoms with E-state index in [0.29, 0.717) is 25.7 Å². The summed E-state index contributed by atoms with van der Waals surface area (Å²) in [7, 11) is 0. The summed E-state index contributed by atoms with van der Waals surface area (Å²) >= 11 is 0. The van der Waals surface area contributed by atoms with Gasteiger partial charge in [-0.1, -0.05) is 25.7 Å². The average Bonchev–Trinajstić information content (AvgIpc) is 2.88. The SMILES string of the molecule is O=C(OCCCCCCCCOC(=O)c1cc([N+](=O)[O-])cc([N+](=O)[O-])c1)c1cc([N+](=O)[O-])cc([N+](=O)[O-])c1. The van der Waals surface area contributed by atoms with Crippen molar-refractivity contribution in [1.82, 2.24) is 0 Å². The molecule has 0 saturated heterocycles. The second-order valence-electron chi connectivity index (χ2n) is 7.90. The number of ether oxygens (including phenoxy) is 2. The van der Waals surface area contributed by atoms with Crippen LogP contribution in [0.4, 0.5) is 22.7 Å². The maximum Gasteiger partial charge on any atom is 0.338 e. The molecule has 38 heavy (non-hydrogen) atoms. The number of carbonyl (C=O) groups is 2. The van der Waals surface area contributed by atoms with Crippen LogP contribution >= 0.6 is 0 Å². The van der Waals surface area contributed by atoms with E-state index in [-0.39, 0.29) is 24.3 Å². The maximum absolute atomic E-state index is 12.1. The van der Waals surface area contributed by atoms with Gasteiger partial charge in [0.1, 0.15) is 0 Å². The van der Waals surface area contributed by atoms with Gasteiger partial charge in [0.2, 0.25) is 0 Å². The molecule has 0 amide bonds. The number of carbonyl (C=O) groups excluding carboxylic acids is 2. The van der Waals surface area contributed by atoms with Gasteiger partial charge in [-0.15, -0.1) is 0 Å². The summed E-state index contributed by atoms with van der Waals surface area (Å²) in [6, 6.07) is 5.12. The number of nitrogens with zero attached hydrogens (tertiary/aromatic N) is 4. The Morgan fingerprint density at radius 1 is 0.500 bits per heavy atom. The Hall–Kier alpha value is -5.02. The van der Waals surface area contributed by atoms with Crippen LogP contribution in [0.1, 0.15) is 59.2 Å². The molecule has 0 spiro atoms. The zero-order valence-corrected chi connectivity index (χ0v) is 19.8. The van der Waals surface area contributed by atoms with Crippen LogP contribution in [0.5, 0.6) is 0 Å². The van der Waals surface area contributed by atoms with E-state index in [4.69, 9.17) is 9.47 Å². The molecule has 2 aromatic rings. The van der Waals surface area contributed by atoms with Gasteiger partial charge < -0.3 is 9.47 Å². The van der Waals surface area contributed by atoms with E-state index in [1.807, 2.05) is 0 Å². The molecule has 0 aromatic heterocycles. The number of esters is 2. The fourth-order valence-corrected chi connectivity index (χ4v) is 3.26. The van der Waals surface area contributed by atoms with E-state index in [1.165, 1.54) is 0 Å². The number of unbranched alkanes of at least 4 members (excludes halogenated alkanes) is 5. The molecule has 0 saturated carbocycles. The molecular weight excluding hydrogens is 512 g/mol. The van der Waals surface area contributed by atoms with Crippen LogP contribution in [-0.4, -0.2) is 44.8 Å². The first kappa shape index (κ1) is 29.2. The number of rotatable bonds is 15. The quantitative estimate of drug-likeness (QED) is 0.131. The van der Waals surface area contributed by atoms with E-state index in [0.717, 1.165) is 49.2 Å². The largest absolute Gasteiger partial charge is 0.462 e. The molecule has 0 radical (unpaired) electrons. The first-order valence-corrected chi connectivity index (χ1v) is 11.2. The van der Waals surface area contributed by atoms with Crippen molar-refractivity contribution in [1.29, 1.82) is 0 Å². The molecule has 0 atom stereocenters. The van der Waals surface area contributed by atoms with Gasteiger partial charge in [-0.3, -0.25) is 40.5 Å². The van der Waals surface area contributed by atoms with E-state index in [1.54, 1.807) is 0 Å². The lowest BCUT2D eigenvalue weighted by atomic mass is 10.1. The smallest absolute Gasteiger partial charge is 0.338 e. The summed E-state index contributed by atoms with van der Waals surface area (Å²) in [5, 5.41) is 43.6. The van der Waals surface area contributed by atoms with Crippen LogP contribution in [0.3, 0.4) is 0 Å². The van der Waals surface area contributed by atoms with Crippen molar-refractivity contribution in [3.05, 3.63) is 88.0 Å². The van der Waals surface area contributed by atoms with Crippen molar-refractivity contribution in [2.75, 3.05) is 13.2 Å². The van der Waals surface area contributed by atoms with Crippen molar-refractivity contribution in [2.45, 2.75) is 38.5 Å². The minimum atomic E-state index is -0.910. The van der Waals surface area contributed by atoms with Gasteiger partial charge >= 0.3 is 11.9 Å². The number of nitro benzene ring substituents is 4. The van der Waals surface area contributed by atoms with Crippen LogP contribution in [0.25, 0.3) is 0 Å². The topological polar surface area (TPSA) is 225 Å². The first-order valence-electron chi connectivity index (χ1n) is 11.2. The fourth-order valence-electron chi connectivity index (χ4n) is 3.26. The Balaban J connectivity index is 1.66. The Morgan fingerprint density at radius 2 is 0.763 bits per heavy atom. The number of nitro groups is 4. The molecule has 0 N–H and O–H groups in total. The lowest BCUT2D eigenvalue weighted by molar-refractivity contribution is -0.394. The zero-order chi connectivity index (χ0) is 28.2. The first-order chi connectivity index (χ1) is 18.0. The van der Waals surface area contributed by atoms with E-state index >= 15 is 0 Å². The van der Waals surface area contributed by atoms with Crippen molar-refractivity contribution >= 4 is 34.7 Å². The molecule has 0 aliphatic heterocycles. The van der Waals surface area contributed by atoms with E-state index < -0.39 is 54.4 Å². The summed E-state index contributed by atoms with van der Waals surface area (Å²) in [6.07, 6.45) is 3.85. The molecule has 16 nitrogen and oxygen atoms in total. The molecule has 16 heteroatoms. The van der Waals surface area contributed by atoms with Gasteiger partial charge in [-0.05, 0) is 12.8 Å². The van der Waals surface area contributed by atoms with Crippen molar-refractivity contribution in [3.8, 4) is 0 Å². The molecule has 202 valence electrons. The number of hydrogen-bond acceptors (Lipinski definition) is 12. The van der Waals surface area contributed by atoms with Crippen LogP contribution < -0.4 is 0 Å². The second kappa shape index (κ2) is 13.9. The van der Waals surface area contributed by atoms with Crippen molar-refractivity contribution in [3.63, 3.8) is 0 Å². The lowest BCUT2D eigenvalue weighted by Crippen LogP contribution is -2.08. The molecule has 0 heterocycles. The van der Waals surface area contributed by atoms with Gasteiger partial charge in [0.15, 0.2) is 0 Å². The molecular formula is C22H22N4O12. The Morgan fingerprint density at radius 3 is 1.03 bits per heavy atom. The third-order valence-electron chi connectivity index (χ3n) is 5.12. The van der Waals surface area contributed by atoms with Crippen LogP contribution in [0, 0.1) is 40.5 Å². The summed E-state index contributed by atoms with van der Waals surface area (Å²) in [6.45, 7) is 0.0323. The van der Waals surface area contributed by atoms with Crippen LogP contribution in [0.15, 0.2) is 36.4 Å². The fraction of sp³-hybridized carbons (Fsp3) is 0.364. The number of non-ortho nitro benzene ring substituents is 4. The molecule has 2 rings (SSSR count). The van der Waals surface area contributed by atoms with Gasteiger partial charge in [-0.2, -0.15) is 0 Å². The number of hydrogen-bond donors (Lipinski definition) is 0. The summed E-state index contributed by atoms with van der Waals surface area (Å²) in [5.74, 6) is -1.82. The highest BCUT2D eigenvalue weighted by molar-refractivity contribution is 5.91. The van der Waals surface area contributed by atoms with Gasteiger partial charge in [-0.25, -0.2) is 9.59 Å². The highest BCUT2D eigenvalue weighted by Crippen LogP contribution is 2.24. The molecule has 0 bridgehead atoms. The predicted molar refractivity (Wildman–Crippen MR) is 128 cm³/mol. The summed E-state index contributed by atoms with van der Waals surface area (Å²) in [4.78, 5) is 64.4. The van der Waals surface area contributed by atoms with E-state index in [9.17, 15) is 50.0 Å². The number of benzene rings is 2. The van der Waals surface area contributed by atoms with Gasteiger partial charge in [0, 0.05) is 24.3 Å². The Kier molecular flexibility index (Phi) is 10.7. The standard InChI is InChI=1S/C22H22N4O12/c27-21(15-9-17(23(29)30)13-18(10-15)24(31)32)37-7-5-3-1-2-4-6-8-38-22(28)16-11-19(25(33)34)14-20(12-16)26(35)36/h9-14H,1-8H2. The monoisotopic (exact) mass is 534 g/mol. The molecule has 2 aromatic carbocycles. The Labute approximate surface area is 213 Å². The van der Waals surface area contributed by atoms with Crippen molar-refractivity contribution in [2.24, 2.45) is 0 Å². The predicted octanol–water partition coefficient (Wildman–Crippen LogP) is 4.67. The third-order valence-corrected chi connectivity index (χ3v) is 5.12. The Bertz CT molecular complexity index is 1090. The maximum atomic E-state index is 12.1.